The molecule has 0 heterocycles. The normalized spacial score (nSPS) is 1.75. The van der Waals surface area contributed by atoms with Gasteiger partial charge in [-0.05, 0) is 0 Å². The number of nitriles is 1. The molecule has 2 nitrogen and oxygen atoms in total. The Labute approximate surface area is 34.5 Å². The largest absolute Gasteiger partial charge is 0.443 e. The van der Waals surface area contributed by atoms with Crippen LogP contribution < -0.4 is 0 Å². The molecule has 0 aromatic rings. The third kappa shape index (κ3) is 32.7. The van der Waals surface area contributed by atoms with E-state index in [1.807, 2.05) is 0 Å². The van der Waals surface area contributed by atoms with Gasteiger partial charge in [-0.3, -0.25) is 0 Å². The zero-order valence-electron chi connectivity index (χ0n) is 1.70. The van der Waals surface area contributed by atoms with E-state index in [0.717, 1.165) is 6.26 Å². The summed E-state index contributed by atoms with van der Waals surface area (Å²) < 4.78 is 0. The number of hydrogen-bond acceptors (Lipinski definition) is 2. The van der Waals surface area contributed by atoms with Crippen LogP contribution in [-0.4, -0.2) is 5.11 Å². The molecule has 0 aliphatic rings. The van der Waals surface area contributed by atoms with Crippen LogP contribution in [0.2, 0.25) is 0 Å². The summed E-state index contributed by atoms with van der Waals surface area (Å²) in [5, 5.41) is 13.8. The topological polar surface area (TPSA) is 44.0 Å². The van der Waals surface area contributed by atoms with Crippen LogP contribution in [0.25, 0.3) is 0 Å². The summed E-state index contributed by atoms with van der Waals surface area (Å²) in [7, 11) is 0. The van der Waals surface area contributed by atoms with E-state index in [4.69, 9.17) is 10.4 Å². The Hall–Kier alpha value is -0.191. The SMILES string of the molecule is N#CO.[Cu]. The molecule has 0 atom stereocenters. The van der Waals surface area contributed by atoms with E-state index in [2.05, 4.69) is 0 Å². The Morgan fingerprint density at radius 3 is 1.75 bits per heavy atom. The molecule has 0 rings (SSSR count). The molecule has 0 saturated heterocycles. The van der Waals surface area contributed by atoms with Gasteiger partial charge in [0.15, 0.2) is 0 Å². The molecule has 0 aromatic carbocycles. The van der Waals surface area contributed by atoms with Crippen LogP contribution >= 0.6 is 0 Å². The first-order chi connectivity index (χ1) is 1.41. The summed E-state index contributed by atoms with van der Waals surface area (Å²) in [5.74, 6) is 0. The Bertz CT molecular complexity index is 29.5. The van der Waals surface area contributed by atoms with Crippen molar-refractivity contribution in [3.63, 3.8) is 0 Å². The average molecular weight is 107 g/mol. The van der Waals surface area contributed by atoms with Crippen molar-refractivity contribution in [1.82, 2.24) is 0 Å². The fourth-order valence-corrected chi connectivity index (χ4v) is 0. The summed E-state index contributed by atoms with van der Waals surface area (Å²) in [6.45, 7) is 0. The predicted molar refractivity (Wildman–Crippen MR) is 7.55 cm³/mol. The third-order valence-electron chi connectivity index (χ3n) is 0. The van der Waals surface area contributed by atoms with Gasteiger partial charge in [0.2, 0.25) is 0 Å². The molecular formula is CHCuNO. The molecule has 0 unspecified atom stereocenters. The van der Waals surface area contributed by atoms with Crippen molar-refractivity contribution >= 4 is 0 Å². The minimum Gasteiger partial charge on any atom is -0.443 e. The van der Waals surface area contributed by atoms with Gasteiger partial charge in [-0.1, -0.05) is 0 Å². The molecule has 0 aliphatic heterocycles. The van der Waals surface area contributed by atoms with Crippen LogP contribution in [0, 0.1) is 11.5 Å². The van der Waals surface area contributed by atoms with E-state index >= 15 is 0 Å². The molecule has 0 saturated carbocycles. The molecule has 0 amide bonds. The molecule has 0 spiro atoms. The number of nitrogens with zero attached hydrogens (tertiary/aromatic N) is 1. The third-order valence-corrected chi connectivity index (χ3v) is 0. The van der Waals surface area contributed by atoms with Crippen molar-refractivity contribution < 1.29 is 22.2 Å². The van der Waals surface area contributed by atoms with Gasteiger partial charge in [-0.2, -0.15) is 5.26 Å². The van der Waals surface area contributed by atoms with Crippen LogP contribution in [-0.2, 0) is 17.1 Å². The van der Waals surface area contributed by atoms with Crippen LogP contribution in [0.1, 0.15) is 0 Å². The van der Waals surface area contributed by atoms with Crippen LogP contribution in [0.4, 0.5) is 0 Å². The van der Waals surface area contributed by atoms with Crippen LogP contribution in [0.15, 0.2) is 0 Å². The smallest absolute Gasteiger partial charge is 0.283 e. The molecule has 1 radical (unpaired) electrons. The Morgan fingerprint density at radius 1 is 1.75 bits per heavy atom. The Morgan fingerprint density at radius 2 is 1.75 bits per heavy atom. The fourth-order valence-electron chi connectivity index (χ4n) is 0. The van der Waals surface area contributed by atoms with Gasteiger partial charge in [0.05, 0.1) is 0 Å². The molecule has 0 fully saturated rings. The molecule has 27 valence electrons. The van der Waals surface area contributed by atoms with Gasteiger partial charge in [0.25, 0.3) is 6.26 Å². The minimum atomic E-state index is 0. The second-order valence-electron chi connectivity index (χ2n) is 0.100. The standard InChI is InChI=1S/CHNO.Cu/c2-1-3;/h3H;. The monoisotopic (exact) mass is 106 g/mol. The second-order valence-corrected chi connectivity index (χ2v) is 0.100. The summed E-state index contributed by atoms with van der Waals surface area (Å²) in [6.07, 6.45) is 0.750. The minimum absolute atomic E-state index is 0. The number of aliphatic hydroxyl groups is 1. The van der Waals surface area contributed by atoms with E-state index in [1.165, 1.54) is 0 Å². The van der Waals surface area contributed by atoms with Crippen LogP contribution in [0.3, 0.4) is 0 Å². The van der Waals surface area contributed by atoms with E-state index < -0.39 is 0 Å². The first kappa shape index (κ1) is 9.18. The Balaban J connectivity index is 0. The average Bonchev–Trinajstić information content (AvgIpc) is 0.918. The zero-order chi connectivity index (χ0) is 2.71. The van der Waals surface area contributed by atoms with Crippen molar-refractivity contribution in [2.75, 3.05) is 0 Å². The number of aliphatic hydroxyl groups excluding tert-OH is 1. The maximum atomic E-state index is 6.88. The van der Waals surface area contributed by atoms with Crippen molar-refractivity contribution in [3.05, 3.63) is 0 Å². The van der Waals surface area contributed by atoms with Crippen molar-refractivity contribution in [2.24, 2.45) is 0 Å². The zero-order valence-corrected chi connectivity index (χ0v) is 2.64. The summed E-state index contributed by atoms with van der Waals surface area (Å²) in [5.41, 5.74) is 0. The summed E-state index contributed by atoms with van der Waals surface area (Å²) in [6, 6.07) is 0. The van der Waals surface area contributed by atoms with Crippen molar-refractivity contribution in [2.45, 2.75) is 0 Å². The van der Waals surface area contributed by atoms with Gasteiger partial charge in [0.1, 0.15) is 0 Å². The van der Waals surface area contributed by atoms with E-state index in [9.17, 15) is 0 Å². The molecule has 1 N–H and O–H groups in total. The van der Waals surface area contributed by atoms with Crippen molar-refractivity contribution in [3.8, 4) is 6.26 Å². The number of hydrogen-bond donors (Lipinski definition) is 1. The molecule has 4 heavy (non-hydrogen) atoms. The quantitative estimate of drug-likeness (QED) is 0.345. The van der Waals surface area contributed by atoms with E-state index in [-0.39, 0.29) is 17.1 Å². The molecule has 3 heteroatoms. The van der Waals surface area contributed by atoms with Crippen molar-refractivity contribution in [1.29, 1.82) is 5.26 Å². The van der Waals surface area contributed by atoms with Crippen LogP contribution in [0.5, 0.6) is 0 Å². The van der Waals surface area contributed by atoms with Gasteiger partial charge in [-0.15, -0.1) is 0 Å². The predicted octanol–water partition coefficient (Wildman–Crippen LogP) is -0.163. The van der Waals surface area contributed by atoms with E-state index in [0.29, 0.717) is 0 Å². The summed E-state index contributed by atoms with van der Waals surface area (Å²) in [4.78, 5) is 0. The second kappa shape index (κ2) is 14.0. The van der Waals surface area contributed by atoms with Gasteiger partial charge < -0.3 is 5.11 Å². The maximum absolute atomic E-state index is 6.88. The van der Waals surface area contributed by atoms with Gasteiger partial charge in [0, 0.05) is 17.1 Å². The molecule has 0 bridgehead atoms. The summed E-state index contributed by atoms with van der Waals surface area (Å²) >= 11 is 0. The maximum Gasteiger partial charge on any atom is 0.283 e. The fraction of sp³-hybridized carbons (Fsp3) is 0. The Kier molecular flexibility index (Phi) is 32.2. The first-order valence-corrected chi connectivity index (χ1v) is 0.447. The first-order valence-electron chi connectivity index (χ1n) is 0.447. The molecular weight excluding hydrogens is 106 g/mol. The van der Waals surface area contributed by atoms with Gasteiger partial charge >= 0.3 is 0 Å². The van der Waals surface area contributed by atoms with E-state index in [1.54, 1.807) is 0 Å². The number of rotatable bonds is 0. The molecule has 0 aromatic heterocycles. The molecule has 0 aliphatic carbocycles. The van der Waals surface area contributed by atoms with Gasteiger partial charge in [-0.25, -0.2) is 0 Å².